The van der Waals surface area contributed by atoms with E-state index in [0.29, 0.717) is 12.3 Å². The Morgan fingerprint density at radius 3 is 2.34 bits per heavy atom. The van der Waals surface area contributed by atoms with Crippen molar-refractivity contribution >= 4 is 33.2 Å². The fraction of sp³-hybridized carbons (Fsp3) is 0.350. The number of ether oxygens (including phenoxy) is 2. The van der Waals surface area contributed by atoms with Crippen molar-refractivity contribution in [3.8, 4) is 11.5 Å². The van der Waals surface area contributed by atoms with Crippen LogP contribution in [0.15, 0.2) is 46.2 Å². The normalized spacial score (nSPS) is 11.0. The number of aryl methyl sites for hydroxylation is 1. The van der Waals surface area contributed by atoms with Crippen molar-refractivity contribution in [2.24, 2.45) is 0 Å². The summed E-state index contributed by atoms with van der Waals surface area (Å²) in [4.78, 5) is 13.2. The Kier molecular flexibility index (Phi) is 8.21. The molecule has 1 amide bonds. The predicted molar refractivity (Wildman–Crippen MR) is 116 cm³/mol. The lowest BCUT2D eigenvalue weighted by molar-refractivity contribution is -0.119. The van der Waals surface area contributed by atoms with Crippen LogP contribution < -0.4 is 20.1 Å². The number of rotatable bonds is 10. The minimum atomic E-state index is -3.61. The highest BCUT2D eigenvalue weighted by atomic mass is 32.2. The first kappa shape index (κ1) is 22.9. The molecular weight excluding hydrogens is 412 g/mol. The van der Waals surface area contributed by atoms with Crippen molar-refractivity contribution in [3.05, 3.63) is 42.0 Å². The van der Waals surface area contributed by atoms with Crippen LogP contribution in [0.25, 0.3) is 0 Å². The van der Waals surface area contributed by atoms with E-state index in [-0.39, 0.29) is 28.8 Å². The molecule has 0 aliphatic rings. The molecule has 9 heteroatoms. The molecule has 0 unspecified atom stereocenters. The van der Waals surface area contributed by atoms with Gasteiger partial charge in [0.25, 0.3) is 0 Å². The average molecular weight is 439 g/mol. The summed E-state index contributed by atoms with van der Waals surface area (Å²) in [7, 11) is -0.814. The molecule has 0 aliphatic carbocycles. The molecular formula is C20H26N2O5S2. The zero-order valence-electron chi connectivity index (χ0n) is 16.9. The molecule has 2 aromatic carbocycles. The highest BCUT2D eigenvalue weighted by molar-refractivity contribution is 7.99. The molecule has 2 rings (SSSR count). The second-order valence-electron chi connectivity index (χ2n) is 6.31. The summed E-state index contributed by atoms with van der Waals surface area (Å²) in [6.07, 6.45) is 1.08. The third-order valence-electron chi connectivity index (χ3n) is 4.02. The number of sulfone groups is 1. The summed E-state index contributed by atoms with van der Waals surface area (Å²) in [6, 6.07) is 11.3. The summed E-state index contributed by atoms with van der Waals surface area (Å²) >= 11 is 1.66. The number of hydrogen-bond acceptors (Lipinski definition) is 7. The molecule has 0 aromatic heterocycles. The quantitative estimate of drug-likeness (QED) is 0.435. The van der Waals surface area contributed by atoms with E-state index in [9.17, 15) is 13.2 Å². The van der Waals surface area contributed by atoms with Crippen LogP contribution >= 0.6 is 11.8 Å². The van der Waals surface area contributed by atoms with Crippen molar-refractivity contribution in [3.63, 3.8) is 0 Å². The van der Waals surface area contributed by atoms with E-state index in [1.54, 1.807) is 23.9 Å². The zero-order chi connectivity index (χ0) is 21.4. The first-order chi connectivity index (χ1) is 13.8. The van der Waals surface area contributed by atoms with E-state index in [1.165, 1.54) is 19.8 Å². The van der Waals surface area contributed by atoms with E-state index < -0.39 is 9.84 Å². The maximum Gasteiger partial charge on any atom is 0.239 e. The summed E-state index contributed by atoms with van der Waals surface area (Å²) in [6.45, 7) is 2.48. The Hall–Kier alpha value is -2.39. The largest absolute Gasteiger partial charge is 0.493 e. The molecule has 0 bridgehead atoms. The fourth-order valence-electron chi connectivity index (χ4n) is 2.64. The number of carbonyl (C=O) groups excluding carboxylic acids is 1. The van der Waals surface area contributed by atoms with Gasteiger partial charge in [0, 0.05) is 23.4 Å². The summed E-state index contributed by atoms with van der Waals surface area (Å²) in [5.41, 5.74) is 1.49. The molecule has 0 atom stereocenters. The standard InChI is InChI=1S/C20H26N2O5S2/c1-14-5-7-15(8-6-14)28-12-11-21-18(23)13-22-16-9-10-17(26-2)19(27-3)20(16)29(4,24)25/h5-10,22H,11-13H2,1-4H3,(H,21,23). The minimum Gasteiger partial charge on any atom is -0.493 e. The van der Waals surface area contributed by atoms with Crippen LogP contribution in [-0.4, -0.2) is 53.6 Å². The van der Waals surface area contributed by atoms with Gasteiger partial charge in [0.05, 0.1) is 26.5 Å². The number of anilines is 1. The number of amides is 1. The Bertz CT molecular complexity index is 944. The molecule has 2 N–H and O–H groups in total. The molecule has 158 valence electrons. The van der Waals surface area contributed by atoms with E-state index >= 15 is 0 Å². The van der Waals surface area contributed by atoms with Crippen LogP contribution in [0.2, 0.25) is 0 Å². The predicted octanol–water partition coefficient (Wildman–Crippen LogP) is 2.74. The first-order valence-corrected chi connectivity index (χ1v) is 11.8. The van der Waals surface area contributed by atoms with Gasteiger partial charge in [-0.15, -0.1) is 11.8 Å². The maximum absolute atomic E-state index is 12.2. The van der Waals surface area contributed by atoms with E-state index in [2.05, 4.69) is 10.6 Å². The van der Waals surface area contributed by atoms with Crippen LogP contribution in [-0.2, 0) is 14.6 Å². The summed E-state index contributed by atoms with van der Waals surface area (Å²) in [5.74, 6) is 0.912. The molecule has 0 spiro atoms. The van der Waals surface area contributed by atoms with Gasteiger partial charge in [0.1, 0.15) is 4.90 Å². The van der Waals surface area contributed by atoms with Crippen molar-refractivity contribution in [1.82, 2.24) is 5.32 Å². The van der Waals surface area contributed by atoms with E-state index in [1.807, 2.05) is 31.2 Å². The highest BCUT2D eigenvalue weighted by Gasteiger charge is 2.23. The second kappa shape index (κ2) is 10.4. The van der Waals surface area contributed by atoms with Gasteiger partial charge in [-0.05, 0) is 31.2 Å². The molecule has 0 heterocycles. The Balaban J connectivity index is 1.93. The van der Waals surface area contributed by atoms with Crippen molar-refractivity contribution in [2.75, 3.05) is 44.6 Å². The van der Waals surface area contributed by atoms with Gasteiger partial charge in [-0.3, -0.25) is 4.79 Å². The maximum atomic E-state index is 12.2. The summed E-state index contributed by atoms with van der Waals surface area (Å²) in [5, 5.41) is 5.69. The summed E-state index contributed by atoms with van der Waals surface area (Å²) < 4.78 is 34.9. The van der Waals surface area contributed by atoms with Crippen LogP contribution in [0.1, 0.15) is 5.56 Å². The number of carbonyl (C=O) groups is 1. The Labute approximate surface area is 176 Å². The third-order valence-corrected chi connectivity index (χ3v) is 6.18. The van der Waals surface area contributed by atoms with Gasteiger partial charge in [-0.1, -0.05) is 17.7 Å². The SMILES string of the molecule is COc1ccc(NCC(=O)NCCSc2ccc(C)cc2)c(S(C)(=O)=O)c1OC. The zero-order valence-corrected chi connectivity index (χ0v) is 18.6. The third kappa shape index (κ3) is 6.57. The monoisotopic (exact) mass is 438 g/mol. The Morgan fingerprint density at radius 1 is 1.07 bits per heavy atom. The van der Waals surface area contributed by atoms with Gasteiger partial charge >= 0.3 is 0 Å². The number of hydrogen-bond donors (Lipinski definition) is 2. The van der Waals surface area contributed by atoms with Crippen LogP contribution in [0, 0.1) is 6.92 Å². The van der Waals surface area contributed by atoms with Gasteiger partial charge in [0.2, 0.25) is 5.91 Å². The van der Waals surface area contributed by atoms with Crippen LogP contribution in [0.3, 0.4) is 0 Å². The minimum absolute atomic E-state index is 0.0397. The molecule has 29 heavy (non-hydrogen) atoms. The van der Waals surface area contributed by atoms with Crippen LogP contribution in [0.4, 0.5) is 5.69 Å². The van der Waals surface area contributed by atoms with Gasteiger partial charge in [0.15, 0.2) is 21.3 Å². The second-order valence-corrected chi connectivity index (χ2v) is 9.44. The van der Waals surface area contributed by atoms with Gasteiger partial charge in [-0.2, -0.15) is 0 Å². The topological polar surface area (TPSA) is 93.7 Å². The van der Waals surface area contributed by atoms with Crippen LogP contribution in [0.5, 0.6) is 11.5 Å². The van der Waals surface area contributed by atoms with Crippen molar-refractivity contribution in [2.45, 2.75) is 16.7 Å². The number of thioether (sulfide) groups is 1. The molecule has 0 aliphatic heterocycles. The lowest BCUT2D eigenvalue weighted by Crippen LogP contribution is -2.31. The van der Waals surface area contributed by atoms with E-state index in [0.717, 1.165) is 16.9 Å². The first-order valence-electron chi connectivity index (χ1n) is 8.91. The number of nitrogens with one attached hydrogen (secondary N) is 2. The lowest BCUT2D eigenvalue weighted by Gasteiger charge is -2.16. The van der Waals surface area contributed by atoms with Gasteiger partial charge < -0.3 is 20.1 Å². The number of methoxy groups -OCH3 is 2. The number of benzene rings is 2. The molecule has 0 radical (unpaired) electrons. The molecule has 0 saturated heterocycles. The fourth-order valence-corrected chi connectivity index (χ4v) is 4.47. The van der Waals surface area contributed by atoms with Gasteiger partial charge in [-0.25, -0.2) is 8.42 Å². The van der Waals surface area contributed by atoms with Crippen molar-refractivity contribution < 1.29 is 22.7 Å². The lowest BCUT2D eigenvalue weighted by atomic mass is 10.2. The highest BCUT2D eigenvalue weighted by Crippen LogP contribution is 2.39. The molecule has 7 nitrogen and oxygen atoms in total. The molecule has 0 saturated carbocycles. The Morgan fingerprint density at radius 2 is 1.76 bits per heavy atom. The average Bonchev–Trinajstić information content (AvgIpc) is 2.69. The van der Waals surface area contributed by atoms with E-state index in [4.69, 9.17) is 9.47 Å². The molecule has 0 fully saturated rings. The smallest absolute Gasteiger partial charge is 0.239 e. The molecule has 2 aromatic rings. The van der Waals surface area contributed by atoms with Crippen molar-refractivity contribution in [1.29, 1.82) is 0 Å².